The number of rotatable bonds is 1. The molecular weight excluding hydrogens is 217 g/mol. The second-order valence-electron chi connectivity index (χ2n) is 2.94. The van der Waals surface area contributed by atoms with Crippen molar-refractivity contribution in [1.82, 2.24) is 10.2 Å². The van der Waals surface area contributed by atoms with Crippen molar-refractivity contribution in [3.63, 3.8) is 0 Å². The first-order valence-electron chi connectivity index (χ1n) is 4.22. The summed E-state index contributed by atoms with van der Waals surface area (Å²) in [6, 6.07) is 7.75. The number of anilines is 1. The Kier molecular flexibility index (Phi) is 2.51. The van der Waals surface area contributed by atoms with Gasteiger partial charge in [0.05, 0.1) is 10.7 Å². The van der Waals surface area contributed by atoms with Gasteiger partial charge in [0.1, 0.15) is 5.82 Å². The first-order valence-corrected chi connectivity index (χ1v) is 4.60. The van der Waals surface area contributed by atoms with Crippen LogP contribution in [0.3, 0.4) is 0 Å². The van der Waals surface area contributed by atoms with Crippen LogP contribution in [0, 0.1) is 5.82 Å². The number of benzene rings is 1. The minimum Gasteiger partial charge on any atom is -0.381 e. The molecule has 0 aliphatic carbocycles. The summed E-state index contributed by atoms with van der Waals surface area (Å²) in [4.78, 5) is 0. The highest BCUT2D eigenvalue weighted by atomic mass is 35.5. The number of aromatic nitrogens is 2. The van der Waals surface area contributed by atoms with Crippen LogP contribution in [-0.2, 0) is 0 Å². The van der Waals surface area contributed by atoms with E-state index < -0.39 is 0 Å². The van der Waals surface area contributed by atoms with Gasteiger partial charge in [0.2, 0.25) is 0 Å². The molecule has 15 heavy (non-hydrogen) atoms. The van der Waals surface area contributed by atoms with Crippen molar-refractivity contribution in [1.29, 1.82) is 0 Å². The van der Waals surface area contributed by atoms with Crippen molar-refractivity contribution in [3.8, 4) is 11.3 Å². The van der Waals surface area contributed by atoms with Crippen LogP contribution in [0.5, 0.6) is 0 Å². The third-order valence-corrected chi connectivity index (χ3v) is 2.23. The molecule has 2 N–H and O–H groups in total. The maximum atomic E-state index is 13.4. The molecule has 3 nitrogen and oxygen atoms in total. The summed E-state index contributed by atoms with van der Waals surface area (Å²) in [7, 11) is 0. The van der Waals surface area contributed by atoms with E-state index in [0.717, 1.165) is 0 Å². The van der Waals surface area contributed by atoms with Gasteiger partial charge in [0.15, 0.2) is 5.82 Å². The molecule has 2 rings (SSSR count). The Morgan fingerprint density at radius 3 is 2.60 bits per heavy atom. The highest BCUT2D eigenvalue weighted by Crippen LogP contribution is 2.24. The van der Waals surface area contributed by atoms with Crippen LogP contribution in [0.25, 0.3) is 11.3 Å². The topological polar surface area (TPSA) is 51.8 Å². The molecule has 0 saturated heterocycles. The Hall–Kier alpha value is -1.68. The zero-order chi connectivity index (χ0) is 10.8. The van der Waals surface area contributed by atoms with Crippen molar-refractivity contribution in [2.45, 2.75) is 0 Å². The van der Waals surface area contributed by atoms with Crippen molar-refractivity contribution in [2.24, 2.45) is 0 Å². The third-order valence-electron chi connectivity index (χ3n) is 1.92. The van der Waals surface area contributed by atoms with Gasteiger partial charge in [-0.25, -0.2) is 4.39 Å². The van der Waals surface area contributed by atoms with E-state index in [9.17, 15) is 4.39 Å². The molecule has 0 saturated carbocycles. The fourth-order valence-corrected chi connectivity index (χ4v) is 1.32. The van der Waals surface area contributed by atoms with E-state index in [0.29, 0.717) is 11.3 Å². The van der Waals surface area contributed by atoms with Crippen molar-refractivity contribution < 1.29 is 4.39 Å². The lowest BCUT2D eigenvalue weighted by molar-refractivity contribution is 0.630. The zero-order valence-corrected chi connectivity index (χ0v) is 8.37. The van der Waals surface area contributed by atoms with Gasteiger partial charge in [-0.2, -0.15) is 0 Å². The SMILES string of the molecule is Nc1nnc(-c2ccccc2F)cc1Cl. The quantitative estimate of drug-likeness (QED) is 0.808. The first-order chi connectivity index (χ1) is 7.18. The Bertz CT molecular complexity index is 502. The van der Waals surface area contributed by atoms with E-state index in [-0.39, 0.29) is 16.7 Å². The van der Waals surface area contributed by atoms with Crippen LogP contribution >= 0.6 is 11.6 Å². The molecule has 0 aliphatic rings. The van der Waals surface area contributed by atoms with Gasteiger partial charge in [-0.05, 0) is 18.2 Å². The van der Waals surface area contributed by atoms with Gasteiger partial charge in [-0.15, -0.1) is 10.2 Å². The molecule has 1 heterocycles. The molecule has 0 spiro atoms. The van der Waals surface area contributed by atoms with Gasteiger partial charge in [0, 0.05) is 5.56 Å². The summed E-state index contributed by atoms with van der Waals surface area (Å²) >= 11 is 5.77. The highest BCUT2D eigenvalue weighted by molar-refractivity contribution is 6.32. The number of nitrogens with two attached hydrogens (primary N) is 1. The predicted molar refractivity (Wildman–Crippen MR) is 56.8 cm³/mol. The summed E-state index contributed by atoms with van der Waals surface area (Å²) < 4.78 is 13.4. The average Bonchev–Trinajstić information content (AvgIpc) is 2.23. The average molecular weight is 224 g/mol. The molecule has 1 aromatic heterocycles. The largest absolute Gasteiger partial charge is 0.381 e. The lowest BCUT2D eigenvalue weighted by atomic mass is 10.1. The monoisotopic (exact) mass is 223 g/mol. The molecule has 2 aromatic rings. The van der Waals surface area contributed by atoms with E-state index in [4.69, 9.17) is 17.3 Å². The Morgan fingerprint density at radius 1 is 1.20 bits per heavy atom. The first kappa shape index (κ1) is 9.86. The van der Waals surface area contributed by atoms with Crippen LogP contribution in [0.4, 0.5) is 10.2 Å². The van der Waals surface area contributed by atoms with Crippen LogP contribution in [-0.4, -0.2) is 10.2 Å². The van der Waals surface area contributed by atoms with Crippen LogP contribution in [0.15, 0.2) is 30.3 Å². The number of nitrogens with zero attached hydrogens (tertiary/aromatic N) is 2. The molecule has 0 bridgehead atoms. The summed E-state index contributed by atoms with van der Waals surface area (Å²) in [6.07, 6.45) is 0. The van der Waals surface area contributed by atoms with Crippen molar-refractivity contribution in [3.05, 3.63) is 41.2 Å². The molecule has 0 radical (unpaired) electrons. The van der Waals surface area contributed by atoms with Gasteiger partial charge < -0.3 is 5.73 Å². The van der Waals surface area contributed by atoms with Crippen LogP contribution in [0.1, 0.15) is 0 Å². The predicted octanol–water partition coefficient (Wildman–Crippen LogP) is 2.52. The summed E-state index contributed by atoms with van der Waals surface area (Å²) in [5.41, 5.74) is 6.13. The minimum absolute atomic E-state index is 0.136. The number of hydrogen-bond donors (Lipinski definition) is 1. The molecule has 76 valence electrons. The maximum absolute atomic E-state index is 13.4. The molecule has 0 amide bonds. The number of halogens is 2. The Balaban J connectivity index is 2.55. The van der Waals surface area contributed by atoms with Gasteiger partial charge >= 0.3 is 0 Å². The zero-order valence-electron chi connectivity index (χ0n) is 7.61. The van der Waals surface area contributed by atoms with Crippen LogP contribution < -0.4 is 5.73 Å². The number of hydrogen-bond acceptors (Lipinski definition) is 3. The second-order valence-corrected chi connectivity index (χ2v) is 3.35. The molecular formula is C10H7ClFN3. The van der Waals surface area contributed by atoms with E-state index in [1.807, 2.05) is 0 Å². The molecule has 1 aromatic carbocycles. The summed E-state index contributed by atoms with van der Waals surface area (Å²) in [5, 5.41) is 7.66. The van der Waals surface area contributed by atoms with Crippen LogP contribution in [0.2, 0.25) is 5.02 Å². The lowest BCUT2D eigenvalue weighted by Crippen LogP contribution is -1.96. The minimum atomic E-state index is -0.368. The smallest absolute Gasteiger partial charge is 0.164 e. The van der Waals surface area contributed by atoms with Crippen molar-refractivity contribution >= 4 is 17.4 Å². The molecule has 0 fully saturated rings. The second kappa shape index (κ2) is 3.82. The molecule has 0 unspecified atom stereocenters. The molecule has 5 heteroatoms. The van der Waals surface area contributed by atoms with Crippen molar-refractivity contribution in [2.75, 3.05) is 5.73 Å². The molecule has 0 atom stereocenters. The fraction of sp³-hybridized carbons (Fsp3) is 0. The lowest BCUT2D eigenvalue weighted by Gasteiger charge is -2.02. The maximum Gasteiger partial charge on any atom is 0.164 e. The standard InChI is InChI=1S/C10H7ClFN3/c11-7-5-9(14-15-10(7)13)6-3-1-2-4-8(6)12/h1-5H,(H2,13,15). The Labute approximate surface area is 90.7 Å². The number of nitrogen functional groups attached to an aromatic ring is 1. The van der Waals surface area contributed by atoms with Gasteiger partial charge in [-0.3, -0.25) is 0 Å². The fourth-order valence-electron chi connectivity index (χ4n) is 1.18. The summed E-state index contributed by atoms with van der Waals surface area (Å²) in [6.45, 7) is 0. The van der Waals surface area contributed by atoms with E-state index in [2.05, 4.69) is 10.2 Å². The summed E-state index contributed by atoms with van der Waals surface area (Å²) in [5.74, 6) is -0.232. The third kappa shape index (κ3) is 1.89. The Morgan fingerprint density at radius 2 is 1.93 bits per heavy atom. The van der Waals surface area contributed by atoms with E-state index >= 15 is 0 Å². The van der Waals surface area contributed by atoms with E-state index in [1.54, 1.807) is 18.2 Å². The molecule has 0 aliphatic heterocycles. The van der Waals surface area contributed by atoms with E-state index in [1.165, 1.54) is 12.1 Å². The highest BCUT2D eigenvalue weighted by Gasteiger charge is 2.08. The van der Waals surface area contributed by atoms with Gasteiger partial charge in [0.25, 0.3) is 0 Å². The normalized spacial score (nSPS) is 10.3. The van der Waals surface area contributed by atoms with Gasteiger partial charge in [-0.1, -0.05) is 23.7 Å².